The Bertz CT molecular complexity index is 1000. The number of aromatic nitrogens is 4. The topological polar surface area (TPSA) is 25.1 Å². The Balaban J connectivity index is 2.30. The largest absolute Gasteiger partial charge is 0.586 e. The molecule has 0 amide bonds. The van der Waals surface area contributed by atoms with E-state index < -0.39 is 0 Å². The molecule has 0 fully saturated rings. The Morgan fingerprint density at radius 2 is 2.21 bits per heavy atom. The first-order valence-corrected chi connectivity index (χ1v) is 6.24. The lowest BCUT2D eigenvalue weighted by atomic mass is 10.1. The molecule has 5 rings (SSSR count). The van der Waals surface area contributed by atoms with Gasteiger partial charge in [0.15, 0.2) is 11.0 Å². The third-order valence-electron chi connectivity index (χ3n) is 3.98. The number of fused-ring (bicyclic) bond motifs is 3. The second-order valence-corrected chi connectivity index (χ2v) is 4.96. The number of hydrogen-bond acceptors (Lipinski definition) is 1. The van der Waals surface area contributed by atoms with Crippen LogP contribution in [0.4, 0.5) is 0 Å². The minimum Gasteiger partial charge on any atom is -0.284 e. The first kappa shape index (κ1) is 9.50. The predicted octanol–water partition coefficient (Wildman–Crippen LogP) is 0.509. The summed E-state index contributed by atoms with van der Waals surface area (Å²) in [5.74, 6) is 0. The quantitative estimate of drug-likeness (QED) is 0.221. The van der Waals surface area contributed by atoms with Crippen LogP contribution in [0.3, 0.4) is 0 Å². The molecule has 0 aromatic carbocycles. The molecule has 4 aromatic rings. The zero-order chi connectivity index (χ0) is 12.6. The smallest absolute Gasteiger partial charge is 0.284 e. The SMILES string of the molecule is [B][n+]1ccc2c3c1c1ncccc1n1cc[n+](c31)C2. The van der Waals surface area contributed by atoms with Gasteiger partial charge >= 0.3 is 13.6 Å². The van der Waals surface area contributed by atoms with Crippen molar-refractivity contribution in [2.75, 3.05) is 0 Å². The van der Waals surface area contributed by atoms with Gasteiger partial charge in [-0.25, -0.2) is 9.55 Å². The molecule has 0 spiro atoms. The minimum atomic E-state index is 0.902. The minimum absolute atomic E-state index is 0.902. The highest BCUT2D eigenvalue weighted by Gasteiger charge is 2.31. The lowest BCUT2D eigenvalue weighted by molar-refractivity contribution is -0.657. The standard InChI is InChI=1S/C14H9BN4/c15-19-5-3-9-8-17-6-7-18-10-2-1-4-16-12(10)13(19)11(9)14(17)18/h1-7H,8H2/q+2. The molecule has 0 saturated carbocycles. The molecule has 1 aliphatic heterocycles. The summed E-state index contributed by atoms with van der Waals surface area (Å²) >= 11 is 0. The van der Waals surface area contributed by atoms with Crippen molar-refractivity contribution in [3.63, 3.8) is 0 Å². The highest BCUT2D eigenvalue weighted by Crippen LogP contribution is 2.29. The van der Waals surface area contributed by atoms with Crippen molar-refractivity contribution in [3.05, 3.63) is 48.5 Å². The van der Waals surface area contributed by atoms with Crippen molar-refractivity contribution in [2.24, 2.45) is 0 Å². The maximum atomic E-state index is 6.13. The number of hydrogen-bond donors (Lipinski definition) is 0. The third-order valence-corrected chi connectivity index (χ3v) is 3.98. The van der Waals surface area contributed by atoms with Crippen LogP contribution in [-0.2, 0) is 6.54 Å². The molecule has 0 unspecified atom stereocenters. The second-order valence-electron chi connectivity index (χ2n) is 4.96. The summed E-state index contributed by atoms with van der Waals surface area (Å²) in [7, 11) is 6.13. The second kappa shape index (κ2) is 2.94. The lowest BCUT2D eigenvalue weighted by Crippen LogP contribution is -2.32. The van der Waals surface area contributed by atoms with Gasteiger partial charge in [-0.1, -0.05) is 0 Å². The predicted molar refractivity (Wildman–Crippen MR) is 70.8 cm³/mol. The summed E-state index contributed by atoms with van der Waals surface area (Å²) in [5, 5.41) is 1.21. The van der Waals surface area contributed by atoms with Crippen LogP contribution in [0.25, 0.3) is 27.6 Å². The summed E-state index contributed by atoms with van der Waals surface area (Å²) in [5.41, 5.74) is 5.54. The Labute approximate surface area is 110 Å². The fourth-order valence-electron chi connectivity index (χ4n) is 3.20. The Hall–Kier alpha value is -2.43. The molecule has 0 atom stereocenters. The van der Waals surface area contributed by atoms with Gasteiger partial charge in [0.05, 0.1) is 0 Å². The normalized spacial score (nSPS) is 13.3. The molecular weight excluding hydrogens is 235 g/mol. The average molecular weight is 244 g/mol. The van der Waals surface area contributed by atoms with Crippen LogP contribution >= 0.6 is 0 Å². The molecule has 4 nitrogen and oxygen atoms in total. The molecule has 0 bridgehead atoms. The molecule has 1 aliphatic rings. The van der Waals surface area contributed by atoms with E-state index >= 15 is 0 Å². The molecular formula is C14H9BN4+2. The highest BCUT2D eigenvalue weighted by molar-refractivity contribution is 6.10. The number of rotatable bonds is 0. The van der Waals surface area contributed by atoms with Gasteiger partial charge in [0.1, 0.15) is 30.5 Å². The van der Waals surface area contributed by atoms with E-state index in [2.05, 4.69) is 38.5 Å². The zero-order valence-corrected chi connectivity index (χ0v) is 10.1. The van der Waals surface area contributed by atoms with Gasteiger partial charge in [0, 0.05) is 17.8 Å². The van der Waals surface area contributed by atoms with E-state index in [9.17, 15) is 0 Å². The Kier molecular flexibility index (Phi) is 1.47. The molecule has 4 aromatic heterocycles. The first-order chi connectivity index (χ1) is 9.34. The number of pyridine rings is 3. The summed E-state index contributed by atoms with van der Waals surface area (Å²) in [4.78, 5) is 4.53. The maximum absolute atomic E-state index is 6.13. The molecule has 0 saturated heterocycles. The van der Waals surface area contributed by atoms with E-state index in [4.69, 9.17) is 7.98 Å². The molecule has 2 radical (unpaired) electrons. The van der Waals surface area contributed by atoms with E-state index in [0.717, 1.165) is 23.1 Å². The zero-order valence-electron chi connectivity index (χ0n) is 10.1. The fourth-order valence-corrected chi connectivity index (χ4v) is 3.20. The van der Waals surface area contributed by atoms with Gasteiger partial charge in [-0.2, -0.15) is 4.40 Å². The van der Waals surface area contributed by atoms with Crippen LogP contribution in [0.5, 0.6) is 0 Å². The van der Waals surface area contributed by atoms with Crippen LogP contribution in [-0.4, -0.2) is 17.4 Å². The van der Waals surface area contributed by atoms with Crippen molar-refractivity contribution in [2.45, 2.75) is 6.54 Å². The molecule has 5 heteroatoms. The van der Waals surface area contributed by atoms with Crippen molar-refractivity contribution in [1.82, 2.24) is 9.38 Å². The van der Waals surface area contributed by atoms with E-state index in [1.165, 1.54) is 16.6 Å². The summed E-state index contributed by atoms with van der Waals surface area (Å²) in [6.45, 7) is 0.902. The summed E-state index contributed by atoms with van der Waals surface area (Å²) < 4.78 is 6.13. The molecule has 0 aliphatic carbocycles. The maximum Gasteiger partial charge on any atom is 0.586 e. The van der Waals surface area contributed by atoms with Gasteiger partial charge in [-0.15, -0.1) is 0 Å². The molecule has 0 N–H and O–H groups in total. The van der Waals surface area contributed by atoms with Gasteiger partial charge in [-0.05, 0) is 12.1 Å². The van der Waals surface area contributed by atoms with Crippen molar-refractivity contribution in [1.29, 1.82) is 0 Å². The van der Waals surface area contributed by atoms with Gasteiger partial charge < -0.3 is 0 Å². The van der Waals surface area contributed by atoms with Gasteiger partial charge in [-0.3, -0.25) is 4.48 Å². The first-order valence-electron chi connectivity index (χ1n) is 6.24. The van der Waals surface area contributed by atoms with Crippen LogP contribution in [0.2, 0.25) is 0 Å². The van der Waals surface area contributed by atoms with Gasteiger partial charge in [0.2, 0.25) is 5.52 Å². The van der Waals surface area contributed by atoms with E-state index in [-0.39, 0.29) is 0 Å². The van der Waals surface area contributed by atoms with Crippen LogP contribution in [0.15, 0.2) is 43.0 Å². The average Bonchev–Trinajstić information content (AvgIpc) is 3.00. The van der Waals surface area contributed by atoms with E-state index in [0.29, 0.717) is 0 Å². The van der Waals surface area contributed by atoms with Crippen LogP contribution < -0.4 is 9.05 Å². The summed E-state index contributed by atoms with van der Waals surface area (Å²) in [6.07, 6.45) is 7.93. The van der Waals surface area contributed by atoms with Gasteiger partial charge in [0.25, 0.3) is 0 Å². The molecule has 19 heavy (non-hydrogen) atoms. The Morgan fingerprint density at radius 1 is 1.26 bits per heavy atom. The monoisotopic (exact) mass is 244 g/mol. The van der Waals surface area contributed by atoms with Crippen molar-refractivity contribution in [3.8, 4) is 0 Å². The number of imidazole rings is 1. The van der Waals surface area contributed by atoms with E-state index in [1.54, 1.807) is 4.48 Å². The fraction of sp³-hybridized carbons (Fsp3) is 0.0714. The summed E-state index contributed by atoms with van der Waals surface area (Å²) in [6, 6.07) is 6.13. The van der Waals surface area contributed by atoms with Crippen molar-refractivity contribution >= 4 is 35.6 Å². The lowest BCUT2D eigenvalue weighted by Gasteiger charge is -2.01. The Morgan fingerprint density at radius 3 is 3.16 bits per heavy atom. The van der Waals surface area contributed by atoms with Crippen LogP contribution in [0.1, 0.15) is 5.56 Å². The highest BCUT2D eigenvalue weighted by atomic mass is 15.1. The molecule has 86 valence electrons. The van der Waals surface area contributed by atoms with Crippen molar-refractivity contribution < 1.29 is 9.05 Å². The molecule has 5 heterocycles. The van der Waals surface area contributed by atoms with Crippen LogP contribution in [0, 0.1) is 0 Å². The third kappa shape index (κ3) is 0.964. The van der Waals surface area contributed by atoms with E-state index in [1.807, 2.05) is 18.5 Å². The number of nitrogens with zero attached hydrogens (tertiary/aromatic N) is 4.